The predicted octanol–water partition coefficient (Wildman–Crippen LogP) is 3.81. The van der Waals surface area contributed by atoms with Gasteiger partial charge in [0.25, 0.3) is 5.91 Å². The van der Waals surface area contributed by atoms with Crippen molar-refractivity contribution >= 4 is 51.0 Å². The van der Waals surface area contributed by atoms with Crippen LogP contribution in [-0.2, 0) is 23.9 Å². The fourth-order valence-corrected chi connectivity index (χ4v) is 7.53. The van der Waals surface area contributed by atoms with Crippen molar-refractivity contribution in [3.05, 3.63) is 54.1 Å². The molecule has 8 nitrogen and oxygen atoms in total. The number of anilines is 1. The molecule has 206 valence electrons. The first kappa shape index (κ1) is 28.8. The van der Waals surface area contributed by atoms with Crippen LogP contribution in [0.5, 0.6) is 0 Å². The molecule has 0 aliphatic carbocycles. The number of ether oxygens (including phenoxy) is 2. The molecule has 3 saturated heterocycles. The molecule has 2 amide bonds. The molecule has 1 spiro atoms. The van der Waals surface area contributed by atoms with E-state index in [0.29, 0.717) is 42.9 Å². The smallest absolute Gasteiger partial charge is 0.312 e. The molecule has 3 aliphatic rings. The maximum Gasteiger partial charge on any atom is 0.312 e. The fourth-order valence-electron chi connectivity index (χ4n) is 6.26. The Morgan fingerprint density at radius 3 is 2.74 bits per heavy atom. The van der Waals surface area contributed by atoms with Crippen LogP contribution in [0.3, 0.4) is 0 Å². The monoisotopic (exact) mass is 608 g/mol. The van der Waals surface area contributed by atoms with Gasteiger partial charge in [-0.1, -0.05) is 58.4 Å². The zero-order valence-electron chi connectivity index (χ0n) is 21.5. The quantitative estimate of drug-likeness (QED) is 0.168. The third-order valence-corrected chi connectivity index (χ3v) is 8.88. The summed E-state index contributed by atoms with van der Waals surface area (Å²) in [4.78, 5) is 44.6. The van der Waals surface area contributed by atoms with E-state index in [0.717, 1.165) is 5.56 Å². The average molecular weight is 610 g/mol. The average Bonchev–Trinajstić information content (AvgIpc) is 3.47. The highest BCUT2D eigenvalue weighted by molar-refractivity contribution is 9.09. The van der Waals surface area contributed by atoms with Crippen LogP contribution in [0, 0.1) is 18.8 Å². The lowest BCUT2D eigenvalue weighted by molar-refractivity contribution is -0.153. The van der Waals surface area contributed by atoms with Crippen molar-refractivity contribution in [2.75, 3.05) is 31.2 Å². The number of aliphatic hydroxyl groups excluding tert-OH is 1. The Morgan fingerprint density at radius 2 is 2.08 bits per heavy atom. The minimum Gasteiger partial charge on any atom is -0.461 e. The van der Waals surface area contributed by atoms with Crippen LogP contribution in [0.25, 0.3) is 0 Å². The Kier molecular flexibility index (Phi) is 9.02. The summed E-state index contributed by atoms with van der Waals surface area (Å²) in [6.07, 6.45) is 4.77. The van der Waals surface area contributed by atoms with E-state index in [2.05, 4.69) is 29.1 Å². The lowest BCUT2D eigenvalue weighted by Crippen LogP contribution is -2.57. The van der Waals surface area contributed by atoms with Gasteiger partial charge in [-0.3, -0.25) is 14.4 Å². The molecular formula is C28H34BrClN2O6. The largest absolute Gasteiger partial charge is 0.461 e. The van der Waals surface area contributed by atoms with Gasteiger partial charge in [0.05, 0.1) is 28.6 Å². The molecule has 38 heavy (non-hydrogen) atoms. The molecule has 10 heteroatoms. The minimum absolute atomic E-state index is 0.0229. The van der Waals surface area contributed by atoms with E-state index in [9.17, 15) is 19.5 Å². The summed E-state index contributed by atoms with van der Waals surface area (Å²) >= 11 is 10.2. The van der Waals surface area contributed by atoms with Gasteiger partial charge in [0.1, 0.15) is 18.2 Å². The van der Waals surface area contributed by atoms with Gasteiger partial charge in [-0.2, -0.15) is 0 Å². The Labute approximate surface area is 236 Å². The van der Waals surface area contributed by atoms with Gasteiger partial charge in [-0.25, -0.2) is 0 Å². The number of halogens is 2. The van der Waals surface area contributed by atoms with Gasteiger partial charge in [-0.15, -0.1) is 6.58 Å². The first-order chi connectivity index (χ1) is 18.2. The van der Waals surface area contributed by atoms with Crippen LogP contribution < -0.4 is 4.90 Å². The minimum atomic E-state index is -1.20. The van der Waals surface area contributed by atoms with Gasteiger partial charge in [0, 0.05) is 24.5 Å². The second-order valence-electron chi connectivity index (χ2n) is 10.0. The molecule has 4 rings (SSSR count). The fraction of sp³-hybridized carbons (Fsp3) is 0.536. The number of hydrogen-bond donors (Lipinski definition) is 1. The van der Waals surface area contributed by atoms with E-state index < -0.39 is 35.6 Å². The van der Waals surface area contributed by atoms with Crippen molar-refractivity contribution in [1.29, 1.82) is 0 Å². The maximum absolute atomic E-state index is 14.5. The summed E-state index contributed by atoms with van der Waals surface area (Å²) in [5.41, 5.74) is 0.161. The summed E-state index contributed by atoms with van der Waals surface area (Å²) in [5.74, 6) is -2.84. The third-order valence-electron chi connectivity index (χ3n) is 7.73. The zero-order chi connectivity index (χ0) is 27.6. The van der Waals surface area contributed by atoms with Crippen molar-refractivity contribution in [3.8, 4) is 0 Å². The zero-order valence-corrected chi connectivity index (χ0v) is 23.8. The number of likely N-dealkylation sites (tertiary alicyclic amines) is 1. The molecule has 2 bridgehead atoms. The number of aryl methyl sites for hydroxylation is 1. The van der Waals surface area contributed by atoms with Gasteiger partial charge in [0.15, 0.2) is 0 Å². The second-order valence-corrected chi connectivity index (χ2v) is 11.6. The Balaban J connectivity index is 1.78. The molecule has 3 heterocycles. The van der Waals surface area contributed by atoms with E-state index in [1.54, 1.807) is 21.9 Å². The number of carbonyl (C=O) groups is 3. The van der Waals surface area contributed by atoms with Gasteiger partial charge >= 0.3 is 5.97 Å². The summed E-state index contributed by atoms with van der Waals surface area (Å²) < 4.78 is 11.9. The predicted molar refractivity (Wildman–Crippen MR) is 148 cm³/mol. The van der Waals surface area contributed by atoms with Crippen LogP contribution in [0.15, 0.2) is 43.5 Å². The maximum atomic E-state index is 14.5. The normalized spacial score (nSPS) is 29.3. The Morgan fingerprint density at radius 1 is 1.32 bits per heavy atom. The van der Waals surface area contributed by atoms with E-state index >= 15 is 0 Å². The summed E-state index contributed by atoms with van der Waals surface area (Å²) in [6.45, 7) is 9.86. The SMILES string of the molecule is C=CCOC(=O)[C@H]1[C@H]2C(=O)N(CCCCCO)C(C(=O)N(CC=C)c3c(C)cccc3Cl)C23CC(Br)[C@@H]1O3. The molecule has 1 N–H and O–H groups in total. The van der Waals surface area contributed by atoms with E-state index in [4.69, 9.17) is 21.1 Å². The van der Waals surface area contributed by atoms with Crippen LogP contribution in [0.1, 0.15) is 31.2 Å². The number of benzene rings is 1. The van der Waals surface area contributed by atoms with Crippen molar-refractivity contribution in [3.63, 3.8) is 0 Å². The number of aliphatic hydroxyl groups is 1. The first-order valence-corrected chi connectivity index (χ1v) is 14.2. The van der Waals surface area contributed by atoms with Gasteiger partial charge in [0.2, 0.25) is 5.91 Å². The molecule has 0 radical (unpaired) electrons. The van der Waals surface area contributed by atoms with Crippen LogP contribution in [-0.4, -0.2) is 76.7 Å². The van der Waals surface area contributed by atoms with Crippen LogP contribution >= 0.6 is 27.5 Å². The first-order valence-electron chi connectivity index (χ1n) is 12.9. The molecule has 3 fully saturated rings. The highest BCUT2D eigenvalue weighted by atomic mass is 79.9. The highest BCUT2D eigenvalue weighted by Crippen LogP contribution is 2.60. The number of nitrogens with zero attached hydrogens (tertiary/aromatic N) is 2. The van der Waals surface area contributed by atoms with E-state index in [-0.39, 0.29) is 36.4 Å². The number of carbonyl (C=O) groups excluding carboxylic acids is 3. The number of para-hydroxylation sites is 1. The van der Waals surface area contributed by atoms with Crippen molar-refractivity contribution in [2.45, 2.75) is 55.2 Å². The van der Waals surface area contributed by atoms with Crippen molar-refractivity contribution < 1.29 is 29.0 Å². The number of esters is 1. The standard InChI is InChI=1S/C28H34BrClN2O6/c1-4-12-31(22-17(3)10-9-11-19(22)30)26(35)24-28-16-18(29)23(38-28)20(27(36)37-15-5-2)21(28)25(34)32(24)13-7-6-8-14-33/h4-5,9-11,18,20-21,23-24,33H,1-2,6-8,12-16H2,3H3/t18?,20-,21-,23-,24?,28?/m0/s1. The molecule has 1 aromatic rings. The number of rotatable bonds is 12. The molecule has 0 saturated carbocycles. The van der Waals surface area contributed by atoms with Crippen molar-refractivity contribution in [1.82, 2.24) is 4.90 Å². The second kappa shape index (κ2) is 11.9. The van der Waals surface area contributed by atoms with E-state index in [1.807, 2.05) is 19.1 Å². The van der Waals surface area contributed by atoms with Crippen molar-refractivity contribution in [2.24, 2.45) is 11.8 Å². The van der Waals surface area contributed by atoms with Crippen LogP contribution in [0.4, 0.5) is 5.69 Å². The molecule has 6 atom stereocenters. The Bertz CT molecular complexity index is 1090. The molecule has 3 aliphatic heterocycles. The topological polar surface area (TPSA) is 96.4 Å². The number of alkyl halides is 1. The van der Waals surface area contributed by atoms with E-state index in [1.165, 1.54) is 6.08 Å². The van der Waals surface area contributed by atoms with Gasteiger partial charge in [-0.05, 0) is 44.2 Å². The Hall–Kier alpha value is -2.20. The number of amides is 2. The van der Waals surface area contributed by atoms with Gasteiger partial charge < -0.3 is 24.4 Å². The summed E-state index contributed by atoms with van der Waals surface area (Å²) in [6, 6.07) is 4.44. The van der Waals surface area contributed by atoms with Crippen LogP contribution in [0.2, 0.25) is 5.02 Å². The molecular weight excluding hydrogens is 576 g/mol. The third kappa shape index (κ3) is 4.83. The molecule has 0 aromatic heterocycles. The summed E-state index contributed by atoms with van der Waals surface area (Å²) in [7, 11) is 0. The number of fused-ring (bicyclic) bond motifs is 1. The highest BCUT2D eigenvalue weighted by Gasteiger charge is 2.77. The lowest BCUT2D eigenvalue weighted by Gasteiger charge is -2.37. The lowest BCUT2D eigenvalue weighted by atomic mass is 9.70. The number of hydrogen-bond acceptors (Lipinski definition) is 6. The molecule has 3 unspecified atom stereocenters. The summed E-state index contributed by atoms with van der Waals surface area (Å²) in [5, 5.41) is 9.64. The number of unbranched alkanes of at least 4 members (excludes halogenated alkanes) is 2. The molecule has 1 aromatic carbocycles.